The molecular weight excluding hydrogens is 238 g/mol. The van der Waals surface area contributed by atoms with Crippen LogP contribution in [-0.4, -0.2) is 49.6 Å². The van der Waals surface area contributed by atoms with E-state index >= 15 is 0 Å². The maximum absolute atomic E-state index is 10.7. The molecule has 100 valence electrons. The summed E-state index contributed by atoms with van der Waals surface area (Å²) in [6.45, 7) is 2.14. The van der Waals surface area contributed by atoms with E-state index in [1.807, 2.05) is 0 Å². The highest BCUT2D eigenvalue weighted by Crippen LogP contribution is 2.09. The molecule has 1 heterocycles. The van der Waals surface area contributed by atoms with Gasteiger partial charge in [0.05, 0.1) is 25.4 Å². The molecule has 0 saturated heterocycles. The average Bonchev–Trinajstić information content (AvgIpc) is 2.38. The number of methoxy groups -OCH3 is 1. The Bertz CT molecular complexity index is 369. The van der Waals surface area contributed by atoms with Gasteiger partial charge < -0.3 is 19.3 Å². The van der Waals surface area contributed by atoms with Crippen molar-refractivity contribution in [2.75, 3.05) is 33.5 Å². The third-order valence-electron chi connectivity index (χ3n) is 2.10. The van der Waals surface area contributed by atoms with Crippen LogP contribution in [0.4, 0.5) is 0 Å². The smallest absolute Gasteiger partial charge is 0.335 e. The van der Waals surface area contributed by atoms with Gasteiger partial charge >= 0.3 is 5.97 Å². The summed E-state index contributed by atoms with van der Waals surface area (Å²) in [4.78, 5) is 14.6. The number of aromatic carboxylic acids is 1. The summed E-state index contributed by atoms with van der Waals surface area (Å²) < 4.78 is 15.4. The second-order valence-electron chi connectivity index (χ2n) is 3.50. The first-order valence-corrected chi connectivity index (χ1v) is 5.63. The summed E-state index contributed by atoms with van der Waals surface area (Å²) in [7, 11) is 1.62. The molecule has 0 spiro atoms. The summed E-state index contributed by atoms with van der Waals surface area (Å²) in [5.74, 6) is -0.683. The number of hydrogen-bond acceptors (Lipinski definition) is 5. The van der Waals surface area contributed by atoms with Gasteiger partial charge in [-0.2, -0.15) is 0 Å². The highest BCUT2D eigenvalue weighted by atomic mass is 16.5. The van der Waals surface area contributed by atoms with E-state index in [0.29, 0.717) is 38.7 Å². The first-order valence-electron chi connectivity index (χ1n) is 5.63. The van der Waals surface area contributed by atoms with Crippen molar-refractivity contribution in [1.82, 2.24) is 4.98 Å². The van der Waals surface area contributed by atoms with Crippen LogP contribution in [0.5, 0.6) is 5.88 Å². The van der Waals surface area contributed by atoms with E-state index in [2.05, 4.69) is 4.98 Å². The first-order chi connectivity index (χ1) is 8.74. The largest absolute Gasteiger partial charge is 0.478 e. The zero-order valence-electron chi connectivity index (χ0n) is 10.3. The van der Waals surface area contributed by atoms with Crippen molar-refractivity contribution in [3.05, 3.63) is 23.9 Å². The van der Waals surface area contributed by atoms with Crippen molar-refractivity contribution in [1.29, 1.82) is 0 Å². The SMILES string of the molecule is COCCOCCCOc1cc(C(=O)O)ccn1. The Morgan fingerprint density at radius 3 is 2.89 bits per heavy atom. The Morgan fingerprint density at radius 2 is 2.17 bits per heavy atom. The van der Waals surface area contributed by atoms with Gasteiger partial charge in [0.2, 0.25) is 5.88 Å². The monoisotopic (exact) mass is 255 g/mol. The zero-order valence-corrected chi connectivity index (χ0v) is 10.3. The Morgan fingerprint density at radius 1 is 1.33 bits per heavy atom. The van der Waals surface area contributed by atoms with Gasteiger partial charge in [-0.05, 0) is 6.07 Å². The normalized spacial score (nSPS) is 10.3. The molecular formula is C12H17NO5. The zero-order chi connectivity index (χ0) is 13.2. The van der Waals surface area contributed by atoms with Crippen LogP contribution in [0.1, 0.15) is 16.8 Å². The van der Waals surface area contributed by atoms with Crippen LogP contribution in [0.15, 0.2) is 18.3 Å². The number of carboxylic acids is 1. The second-order valence-corrected chi connectivity index (χ2v) is 3.50. The number of pyridine rings is 1. The number of hydrogen-bond donors (Lipinski definition) is 1. The molecule has 6 heteroatoms. The molecule has 18 heavy (non-hydrogen) atoms. The molecule has 0 aliphatic carbocycles. The van der Waals surface area contributed by atoms with E-state index in [9.17, 15) is 4.79 Å². The van der Waals surface area contributed by atoms with Gasteiger partial charge in [0.25, 0.3) is 0 Å². The van der Waals surface area contributed by atoms with Crippen LogP contribution >= 0.6 is 0 Å². The molecule has 6 nitrogen and oxygen atoms in total. The van der Waals surface area contributed by atoms with E-state index < -0.39 is 5.97 Å². The summed E-state index contributed by atoms with van der Waals surface area (Å²) in [6.07, 6.45) is 2.12. The van der Waals surface area contributed by atoms with E-state index in [0.717, 1.165) is 0 Å². The second kappa shape index (κ2) is 8.43. The van der Waals surface area contributed by atoms with Crippen molar-refractivity contribution in [3.63, 3.8) is 0 Å². The van der Waals surface area contributed by atoms with Crippen LogP contribution < -0.4 is 4.74 Å². The Balaban J connectivity index is 2.19. The van der Waals surface area contributed by atoms with Gasteiger partial charge in [0.15, 0.2) is 0 Å². The molecule has 0 saturated carbocycles. The molecule has 1 N–H and O–H groups in total. The highest BCUT2D eigenvalue weighted by molar-refractivity contribution is 5.87. The molecule has 0 atom stereocenters. The van der Waals surface area contributed by atoms with Crippen molar-refractivity contribution in [3.8, 4) is 5.88 Å². The lowest BCUT2D eigenvalue weighted by molar-refractivity contribution is 0.0640. The van der Waals surface area contributed by atoms with Crippen molar-refractivity contribution in [2.24, 2.45) is 0 Å². The van der Waals surface area contributed by atoms with Crippen molar-refractivity contribution >= 4 is 5.97 Å². The molecule has 0 bridgehead atoms. The standard InChI is InChI=1S/C12H17NO5/c1-16-7-8-17-5-2-6-18-11-9-10(12(14)15)3-4-13-11/h3-4,9H,2,5-8H2,1H3,(H,14,15). The lowest BCUT2D eigenvalue weighted by Crippen LogP contribution is -2.07. The van der Waals surface area contributed by atoms with Gasteiger partial charge in [0.1, 0.15) is 0 Å². The minimum atomic E-state index is -0.995. The van der Waals surface area contributed by atoms with Crippen LogP contribution in [0.3, 0.4) is 0 Å². The summed E-state index contributed by atoms with van der Waals surface area (Å²) >= 11 is 0. The number of ether oxygens (including phenoxy) is 3. The fourth-order valence-electron chi connectivity index (χ4n) is 1.20. The lowest BCUT2D eigenvalue weighted by atomic mass is 10.3. The number of rotatable bonds is 9. The quantitative estimate of drug-likeness (QED) is 0.668. The number of nitrogens with zero attached hydrogens (tertiary/aromatic N) is 1. The fourth-order valence-corrected chi connectivity index (χ4v) is 1.20. The average molecular weight is 255 g/mol. The van der Waals surface area contributed by atoms with Crippen LogP contribution in [0.25, 0.3) is 0 Å². The molecule has 0 amide bonds. The van der Waals surface area contributed by atoms with Gasteiger partial charge in [-0.1, -0.05) is 0 Å². The van der Waals surface area contributed by atoms with Crippen LogP contribution in [0.2, 0.25) is 0 Å². The predicted octanol–water partition coefficient (Wildman–Crippen LogP) is 1.21. The van der Waals surface area contributed by atoms with Crippen molar-refractivity contribution < 1.29 is 24.1 Å². The molecule has 0 radical (unpaired) electrons. The molecule has 1 aromatic rings. The van der Waals surface area contributed by atoms with Crippen LogP contribution in [-0.2, 0) is 9.47 Å². The van der Waals surface area contributed by atoms with Gasteiger partial charge in [-0.3, -0.25) is 0 Å². The first kappa shape index (κ1) is 14.4. The third-order valence-corrected chi connectivity index (χ3v) is 2.10. The minimum absolute atomic E-state index is 0.163. The van der Waals surface area contributed by atoms with Crippen LogP contribution in [0, 0.1) is 0 Å². The molecule has 0 unspecified atom stereocenters. The minimum Gasteiger partial charge on any atom is -0.478 e. The molecule has 1 rings (SSSR count). The topological polar surface area (TPSA) is 77.9 Å². The Labute approximate surface area is 106 Å². The predicted molar refractivity (Wildman–Crippen MR) is 64.0 cm³/mol. The molecule has 0 fully saturated rings. The fraction of sp³-hybridized carbons (Fsp3) is 0.500. The maximum Gasteiger partial charge on any atom is 0.335 e. The molecule has 1 aromatic heterocycles. The third kappa shape index (κ3) is 5.60. The van der Waals surface area contributed by atoms with E-state index in [-0.39, 0.29) is 5.56 Å². The molecule has 0 aromatic carbocycles. The number of aromatic nitrogens is 1. The van der Waals surface area contributed by atoms with Gasteiger partial charge in [-0.25, -0.2) is 9.78 Å². The maximum atomic E-state index is 10.7. The van der Waals surface area contributed by atoms with E-state index in [1.165, 1.54) is 18.3 Å². The van der Waals surface area contributed by atoms with E-state index in [1.54, 1.807) is 7.11 Å². The summed E-state index contributed by atoms with van der Waals surface area (Å²) in [6, 6.07) is 2.82. The molecule has 0 aliphatic rings. The van der Waals surface area contributed by atoms with Gasteiger partial charge in [-0.15, -0.1) is 0 Å². The summed E-state index contributed by atoms with van der Waals surface area (Å²) in [5.41, 5.74) is 0.163. The Hall–Kier alpha value is -1.66. The summed E-state index contributed by atoms with van der Waals surface area (Å²) in [5, 5.41) is 8.79. The van der Waals surface area contributed by atoms with E-state index in [4.69, 9.17) is 19.3 Å². The van der Waals surface area contributed by atoms with Gasteiger partial charge in [0, 0.05) is 32.4 Å². The Kier molecular flexibility index (Phi) is 6.75. The number of carbonyl (C=O) groups is 1. The number of carboxylic acid groups (broad SMARTS) is 1. The lowest BCUT2D eigenvalue weighted by Gasteiger charge is -2.06. The highest BCUT2D eigenvalue weighted by Gasteiger charge is 2.04. The van der Waals surface area contributed by atoms with Crippen molar-refractivity contribution in [2.45, 2.75) is 6.42 Å². The molecule has 0 aliphatic heterocycles.